The van der Waals surface area contributed by atoms with Gasteiger partial charge >= 0.3 is 12.0 Å². The topological polar surface area (TPSA) is 108 Å². The average molecular weight is 285 g/mol. The highest BCUT2D eigenvalue weighted by molar-refractivity contribution is 5.87. The number of carbonyl (C=O) groups is 3. The third-order valence-corrected chi connectivity index (χ3v) is 3.23. The summed E-state index contributed by atoms with van der Waals surface area (Å²) in [5.41, 5.74) is 0. The van der Waals surface area contributed by atoms with E-state index < -0.39 is 18.0 Å². The molecule has 8 nitrogen and oxygen atoms in total. The molecule has 3 N–H and O–H groups in total. The summed E-state index contributed by atoms with van der Waals surface area (Å²) in [4.78, 5) is 35.8. The zero-order valence-electron chi connectivity index (χ0n) is 11.1. The number of nitrogens with zero attached hydrogens (tertiary/aromatic N) is 1. The Kier molecular flexibility index (Phi) is 4.78. The number of hydrogen-bond acceptors (Lipinski definition) is 4. The Hall–Kier alpha value is -1.83. The van der Waals surface area contributed by atoms with E-state index in [4.69, 9.17) is 9.84 Å². The number of carboxylic acid groups (broad SMARTS) is 1. The number of morpholine rings is 1. The van der Waals surface area contributed by atoms with Gasteiger partial charge in [-0.2, -0.15) is 0 Å². The molecule has 1 aliphatic carbocycles. The summed E-state index contributed by atoms with van der Waals surface area (Å²) in [5.74, 6) is -1.18. The van der Waals surface area contributed by atoms with E-state index in [1.165, 1.54) is 4.90 Å². The largest absolute Gasteiger partial charge is 0.481 e. The van der Waals surface area contributed by atoms with Crippen LogP contribution in [0.15, 0.2) is 0 Å². The second kappa shape index (κ2) is 6.56. The van der Waals surface area contributed by atoms with E-state index in [-0.39, 0.29) is 31.5 Å². The second-order valence-electron chi connectivity index (χ2n) is 4.94. The normalized spacial score (nSPS) is 22.2. The van der Waals surface area contributed by atoms with Crippen LogP contribution in [0.1, 0.15) is 19.3 Å². The summed E-state index contributed by atoms with van der Waals surface area (Å²) in [6, 6.07) is -0.846. The van der Waals surface area contributed by atoms with Crippen LogP contribution in [0.25, 0.3) is 0 Å². The Morgan fingerprint density at radius 1 is 1.30 bits per heavy atom. The predicted octanol–water partition coefficient (Wildman–Crippen LogP) is -0.850. The fraction of sp³-hybridized carbons (Fsp3) is 0.750. The number of amides is 3. The van der Waals surface area contributed by atoms with Crippen LogP contribution in [0.5, 0.6) is 0 Å². The predicted molar refractivity (Wildman–Crippen MR) is 68.1 cm³/mol. The van der Waals surface area contributed by atoms with Crippen molar-refractivity contribution in [1.29, 1.82) is 0 Å². The summed E-state index contributed by atoms with van der Waals surface area (Å²) >= 11 is 0. The molecule has 0 aromatic heterocycles. The molecule has 1 atom stereocenters. The number of hydrogen-bond donors (Lipinski definition) is 3. The summed E-state index contributed by atoms with van der Waals surface area (Å²) in [7, 11) is 0. The number of carboxylic acids is 1. The van der Waals surface area contributed by atoms with Crippen LogP contribution in [0.3, 0.4) is 0 Å². The molecule has 0 aromatic rings. The molecule has 0 aromatic carbocycles. The van der Waals surface area contributed by atoms with Gasteiger partial charge < -0.3 is 25.4 Å². The van der Waals surface area contributed by atoms with Crippen LogP contribution < -0.4 is 10.6 Å². The first-order valence-corrected chi connectivity index (χ1v) is 6.72. The van der Waals surface area contributed by atoms with Crippen LogP contribution in [0.4, 0.5) is 4.79 Å². The van der Waals surface area contributed by atoms with Crippen LogP contribution in [0.2, 0.25) is 0 Å². The van der Waals surface area contributed by atoms with Crippen molar-refractivity contribution in [3.05, 3.63) is 0 Å². The lowest BCUT2D eigenvalue weighted by molar-refractivity contribution is -0.137. The van der Waals surface area contributed by atoms with E-state index in [0.29, 0.717) is 13.2 Å². The van der Waals surface area contributed by atoms with Crippen LogP contribution in [-0.4, -0.2) is 66.3 Å². The van der Waals surface area contributed by atoms with Gasteiger partial charge in [0, 0.05) is 19.1 Å². The number of carbonyl (C=O) groups excluding carboxylic acids is 2. The molecule has 1 aliphatic heterocycles. The van der Waals surface area contributed by atoms with Gasteiger partial charge in [-0.1, -0.05) is 0 Å². The number of rotatable bonds is 5. The first-order valence-electron chi connectivity index (χ1n) is 6.72. The van der Waals surface area contributed by atoms with Gasteiger partial charge in [-0.3, -0.25) is 9.59 Å². The van der Waals surface area contributed by atoms with E-state index in [2.05, 4.69) is 10.6 Å². The molecule has 0 spiro atoms. The van der Waals surface area contributed by atoms with Crippen molar-refractivity contribution in [3.8, 4) is 0 Å². The van der Waals surface area contributed by atoms with Gasteiger partial charge in [-0.15, -0.1) is 0 Å². The molecule has 1 unspecified atom stereocenters. The van der Waals surface area contributed by atoms with Crippen molar-refractivity contribution in [3.63, 3.8) is 0 Å². The van der Waals surface area contributed by atoms with Crippen LogP contribution >= 0.6 is 0 Å². The SMILES string of the molecule is O=C(O)CCNC(=O)N1CCOCC1C(=O)NC1CC1. The van der Waals surface area contributed by atoms with Gasteiger partial charge in [0.25, 0.3) is 0 Å². The van der Waals surface area contributed by atoms with E-state index in [9.17, 15) is 14.4 Å². The third kappa shape index (κ3) is 4.09. The lowest BCUT2D eigenvalue weighted by Gasteiger charge is -2.34. The molecule has 2 aliphatic rings. The van der Waals surface area contributed by atoms with E-state index >= 15 is 0 Å². The monoisotopic (exact) mass is 285 g/mol. The zero-order valence-corrected chi connectivity index (χ0v) is 11.1. The Labute approximate surface area is 116 Å². The summed E-state index contributed by atoms with van der Waals surface area (Å²) in [6.07, 6.45) is 1.81. The van der Waals surface area contributed by atoms with Crippen molar-refractivity contribution < 1.29 is 24.2 Å². The Morgan fingerprint density at radius 2 is 2.05 bits per heavy atom. The van der Waals surface area contributed by atoms with Crippen molar-refractivity contribution >= 4 is 17.9 Å². The fourth-order valence-corrected chi connectivity index (χ4v) is 1.97. The van der Waals surface area contributed by atoms with Gasteiger partial charge in [0.2, 0.25) is 5.91 Å². The highest BCUT2D eigenvalue weighted by Gasteiger charge is 2.35. The minimum atomic E-state index is -0.977. The van der Waals surface area contributed by atoms with E-state index in [1.54, 1.807) is 0 Å². The molecule has 1 heterocycles. The molecule has 8 heteroatoms. The number of nitrogens with one attached hydrogen (secondary N) is 2. The number of aliphatic carboxylic acids is 1. The first-order chi connectivity index (χ1) is 9.58. The minimum absolute atomic E-state index is 0.0441. The number of urea groups is 1. The lowest BCUT2D eigenvalue weighted by Crippen LogP contribution is -2.58. The maximum atomic E-state index is 12.0. The van der Waals surface area contributed by atoms with Crippen molar-refractivity contribution in [1.82, 2.24) is 15.5 Å². The smallest absolute Gasteiger partial charge is 0.318 e. The third-order valence-electron chi connectivity index (χ3n) is 3.23. The second-order valence-corrected chi connectivity index (χ2v) is 4.94. The minimum Gasteiger partial charge on any atom is -0.481 e. The molecule has 2 fully saturated rings. The van der Waals surface area contributed by atoms with E-state index in [1.807, 2.05) is 0 Å². The van der Waals surface area contributed by atoms with Gasteiger partial charge in [-0.05, 0) is 12.8 Å². The summed E-state index contributed by atoms with van der Waals surface area (Å²) in [6.45, 7) is 0.911. The first kappa shape index (κ1) is 14.6. The van der Waals surface area contributed by atoms with Crippen molar-refractivity contribution in [2.45, 2.75) is 31.3 Å². The van der Waals surface area contributed by atoms with Crippen LogP contribution in [0, 0.1) is 0 Å². The van der Waals surface area contributed by atoms with Gasteiger partial charge in [0.15, 0.2) is 0 Å². The molecule has 2 rings (SSSR count). The fourth-order valence-electron chi connectivity index (χ4n) is 1.97. The lowest BCUT2D eigenvalue weighted by atomic mass is 10.2. The van der Waals surface area contributed by atoms with Gasteiger partial charge in [0.1, 0.15) is 6.04 Å². The summed E-state index contributed by atoms with van der Waals surface area (Å²) in [5, 5.41) is 13.9. The molecule has 1 saturated heterocycles. The maximum absolute atomic E-state index is 12.0. The van der Waals surface area contributed by atoms with Crippen molar-refractivity contribution in [2.75, 3.05) is 26.3 Å². The van der Waals surface area contributed by atoms with Crippen molar-refractivity contribution in [2.24, 2.45) is 0 Å². The summed E-state index contributed by atoms with van der Waals surface area (Å²) < 4.78 is 5.25. The van der Waals surface area contributed by atoms with Gasteiger partial charge in [-0.25, -0.2) is 4.79 Å². The molecule has 0 bridgehead atoms. The zero-order chi connectivity index (χ0) is 14.5. The van der Waals surface area contributed by atoms with Gasteiger partial charge in [0.05, 0.1) is 19.6 Å². The highest BCUT2D eigenvalue weighted by Crippen LogP contribution is 2.19. The van der Waals surface area contributed by atoms with E-state index in [0.717, 1.165) is 12.8 Å². The molecule has 3 amide bonds. The molecule has 1 saturated carbocycles. The quantitative estimate of drug-likeness (QED) is 0.610. The standard InChI is InChI=1S/C12H19N3O5/c16-10(17)3-4-13-12(19)15-5-6-20-7-9(15)11(18)14-8-1-2-8/h8-9H,1-7H2,(H,13,19)(H,14,18)(H,16,17). The van der Waals surface area contributed by atoms with Crippen LogP contribution in [-0.2, 0) is 14.3 Å². The Morgan fingerprint density at radius 3 is 2.70 bits per heavy atom. The number of ether oxygens (including phenoxy) is 1. The highest BCUT2D eigenvalue weighted by atomic mass is 16.5. The Balaban J connectivity index is 1.86. The maximum Gasteiger partial charge on any atom is 0.318 e. The molecule has 112 valence electrons. The molecular weight excluding hydrogens is 266 g/mol. The Bertz CT molecular complexity index is 397. The molecule has 0 radical (unpaired) electrons. The molecule has 20 heavy (non-hydrogen) atoms. The molecular formula is C12H19N3O5. The average Bonchev–Trinajstić information content (AvgIpc) is 3.22.